The Morgan fingerprint density at radius 2 is 1.57 bits per heavy atom. The highest BCUT2D eigenvalue weighted by Crippen LogP contribution is 2.19. The van der Waals surface area contributed by atoms with Gasteiger partial charge in [0.15, 0.2) is 0 Å². The lowest BCUT2D eigenvalue weighted by atomic mass is 10.1. The molecule has 1 saturated heterocycles. The first-order valence-electron chi connectivity index (χ1n) is 8.26. The van der Waals surface area contributed by atoms with Gasteiger partial charge in [0, 0.05) is 25.2 Å². The molecule has 2 heterocycles. The minimum Gasteiger partial charge on any atom is -0.370 e. The van der Waals surface area contributed by atoms with E-state index in [4.69, 9.17) is 0 Å². The highest BCUT2D eigenvalue weighted by Gasteiger charge is 2.11. The molecule has 2 rings (SSSR count). The van der Waals surface area contributed by atoms with Gasteiger partial charge in [-0.05, 0) is 46.2 Å². The monoisotopic (exact) mass is 291 g/mol. The van der Waals surface area contributed by atoms with E-state index in [-0.39, 0.29) is 0 Å². The summed E-state index contributed by atoms with van der Waals surface area (Å²) in [7, 11) is 0. The van der Waals surface area contributed by atoms with E-state index in [2.05, 4.69) is 39.3 Å². The minimum atomic E-state index is 0.819. The first-order valence-corrected chi connectivity index (χ1v) is 8.26. The van der Waals surface area contributed by atoms with E-state index in [9.17, 15) is 0 Å². The smallest absolute Gasteiger partial charge is 0.134 e. The van der Waals surface area contributed by atoms with Crippen molar-refractivity contribution in [1.29, 1.82) is 0 Å². The van der Waals surface area contributed by atoms with Gasteiger partial charge in [-0.3, -0.25) is 0 Å². The lowest BCUT2D eigenvalue weighted by Gasteiger charge is -2.26. The van der Waals surface area contributed by atoms with Crippen LogP contribution in [0.2, 0.25) is 0 Å². The second-order valence-electron chi connectivity index (χ2n) is 5.85. The Kier molecular flexibility index (Phi) is 6.23. The lowest BCUT2D eigenvalue weighted by Crippen LogP contribution is -2.33. The summed E-state index contributed by atoms with van der Waals surface area (Å²) in [6.45, 7) is 11.7. The summed E-state index contributed by atoms with van der Waals surface area (Å²) in [6.07, 6.45) is 5.17. The Bertz CT molecular complexity index is 441. The van der Waals surface area contributed by atoms with Crippen LogP contribution in [0.25, 0.3) is 0 Å². The van der Waals surface area contributed by atoms with Crippen molar-refractivity contribution in [3.05, 3.63) is 11.4 Å². The van der Waals surface area contributed by atoms with E-state index in [0.717, 1.165) is 49.1 Å². The molecular formula is C16H29N5. The van der Waals surface area contributed by atoms with Crippen molar-refractivity contribution in [2.45, 2.75) is 46.5 Å². The van der Waals surface area contributed by atoms with Crippen molar-refractivity contribution in [3.8, 4) is 0 Å². The van der Waals surface area contributed by atoms with Gasteiger partial charge in [0.05, 0.1) is 0 Å². The zero-order valence-electron chi connectivity index (χ0n) is 13.7. The molecule has 0 atom stereocenters. The maximum Gasteiger partial charge on any atom is 0.134 e. The quantitative estimate of drug-likeness (QED) is 0.809. The molecule has 0 unspecified atom stereocenters. The van der Waals surface area contributed by atoms with Crippen LogP contribution in [-0.2, 0) is 0 Å². The number of piperidine rings is 1. The van der Waals surface area contributed by atoms with Gasteiger partial charge < -0.3 is 15.5 Å². The molecule has 1 aliphatic heterocycles. The summed E-state index contributed by atoms with van der Waals surface area (Å²) < 4.78 is 0. The van der Waals surface area contributed by atoms with Crippen LogP contribution in [0.4, 0.5) is 11.6 Å². The second kappa shape index (κ2) is 8.17. The Balaban J connectivity index is 1.90. The van der Waals surface area contributed by atoms with Gasteiger partial charge >= 0.3 is 0 Å². The van der Waals surface area contributed by atoms with Crippen molar-refractivity contribution in [2.24, 2.45) is 0 Å². The predicted octanol–water partition coefficient (Wildman–Crippen LogP) is 2.81. The molecule has 1 aliphatic rings. The fourth-order valence-corrected chi connectivity index (χ4v) is 2.73. The van der Waals surface area contributed by atoms with Crippen LogP contribution in [-0.4, -0.2) is 47.6 Å². The molecular weight excluding hydrogens is 262 g/mol. The van der Waals surface area contributed by atoms with Gasteiger partial charge in [0.2, 0.25) is 0 Å². The maximum absolute atomic E-state index is 4.54. The van der Waals surface area contributed by atoms with Crippen molar-refractivity contribution < 1.29 is 0 Å². The maximum atomic E-state index is 4.54. The minimum absolute atomic E-state index is 0.819. The number of hydrogen-bond donors (Lipinski definition) is 2. The third-order valence-electron chi connectivity index (χ3n) is 3.97. The molecule has 1 aromatic rings. The fourth-order valence-electron chi connectivity index (χ4n) is 2.73. The fraction of sp³-hybridized carbons (Fsp3) is 0.750. The van der Waals surface area contributed by atoms with Crippen LogP contribution >= 0.6 is 0 Å². The van der Waals surface area contributed by atoms with Gasteiger partial charge in [0.1, 0.15) is 17.5 Å². The zero-order chi connectivity index (χ0) is 15.1. The van der Waals surface area contributed by atoms with E-state index in [1.165, 1.54) is 32.4 Å². The Morgan fingerprint density at radius 1 is 0.952 bits per heavy atom. The van der Waals surface area contributed by atoms with Crippen LogP contribution in [0, 0.1) is 13.8 Å². The van der Waals surface area contributed by atoms with E-state index in [0.29, 0.717) is 0 Å². The van der Waals surface area contributed by atoms with Crippen LogP contribution in [0.15, 0.2) is 0 Å². The molecule has 0 radical (unpaired) electrons. The van der Waals surface area contributed by atoms with Crippen LogP contribution in [0.1, 0.15) is 44.0 Å². The van der Waals surface area contributed by atoms with Crippen LogP contribution in [0.3, 0.4) is 0 Å². The summed E-state index contributed by atoms with van der Waals surface area (Å²) in [6, 6.07) is 0. The van der Waals surface area contributed by atoms with Crippen LogP contribution in [0.5, 0.6) is 0 Å². The summed E-state index contributed by atoms with van der Waals surface area (Å²) in [5.41, 5.74) is 1.12. The van der Waals surface area contributed by atoms with Crippen molar-refractivity contribution in [2.75, 3.05) is 43.4 Å². The van der Waals surface area contributed by atoms with Crippen molar-refractivity contribution >= 4 is 11.6 Å². The number of nitrogens with one attached hydrogen (secondary N) is 2. The molecule has 0 aromatic carbocycles. The third kappa shape index (κ3) is 4.84. The Morgan fingerprint density at radius 3 is 2.19 bits per heavy atom. The Labute approximate surface area is 128 Å². The zero-order valence-corrected chi connectivity index (χ0v) is 13.7. The summed E-state index contributed by atoms with van der Waals surface area (Å²) >= 11 is 0. The highest BCUT2D eigenvalue weighted by atomic mass is 15.2. The van der Waals surface area contributed by atoms with Gasteiger partial charge in [-0.1, -0.05) is 13.3 Å². The molecule has 2 N–H and O–H groups in total. The van der Waals surface area contributed by atoms with Gasteiger partial charge in [-0.2, -0.15) is 0 Å². The third-order valence-corrected chi connectivity index (χ3v) is 3.97. The molecule has 118 valence electrons. The molecule has 1 aromatic heterocycles. The molecule has 0 bridgehead atoms. The summed E-state index contributed by atoms with van der Waals surface area (Å²) in [5.74, 6) is 2.75. The number of aryl methyl sites for hydroxylation is 1. The number of nitrogens with zero attached hydrogens (tertiary/aromatic N) is 3. The first kappa shape index (κ1) is 16.0. The average Bonchev–Trinajstić information content (AvgIpc) is 2.50. The first-order chi connectivity index (χ1) is 10.2. The highest BCUT2D eigenvalue weighted by molar-refractivity contribution is 5.57. The van der Waals surface area contributed by atoms with Gasteiger partial charge in [0.25, 0.3) is 0 Å². The largest absolute Gasteiger partial charge is 0.370 e. The van der Waals surface area contributed by atoms with Crippen LogP contribution < -0.4 is 10.6 Å². The van der Waals surface area contributed by atoms with Crippen molar-refractivity contribution in [3.63, 3.8) is 0 Å². The van der Waals surface area contributed by atoms with E-state index >= 15 is 0 Å². The SMILES string of the molecule is CCCNc1nc(C)nc(NCCN2CCCCC2)c1C. The van der Waals surface area contributed by atoms with E-state index in [1.54, 1.807) is 0 Å². The molecule has 0 aliphatic carbocycles. The van der Waals surface area contributed by atoms with E-state index < -0.39 is 0 Å². The predicted molar refractivity (Wildman–Crippen MR) is 89.1 cm³/mol. The summed E-state index contributed by atoms with van der Waals surface area (Å²) in [5, 5.41) is 6.87. The molecule has 21 heavy (non-hydrogen) atoms. The number of hydrogen-bond acceptors (Lipinski definition) is 5. The van der Waals surface area contributed by atoms with Gasteiger partial charge in [-0.15, -0.1) is 0 Å². The average molecular weight is 291 g/mol. The number of likely N-dealkylation sites (tertiary alicyclic amines) is 1. The van der Waals surface area contributed by atoms with Crippen molar-refractivity contribution in [1.82, 2.24) is 14.9 Å². The number of aromatic nitrogens is 2. The van der Waals surface area contributed by atoms with Gasteiger partial charge in [-0.25, -0.2) is 9.97 Å². The molecule has 1 fully saturated rings. The normalized spacial score (nSPS) is 16.0. The topological polar surface area (TPSA) is 53.1 Å². The number of rotatable bonds is 7. The second-order valence-corrected chi connectivity index (χ2v) is 5.85. The molecule has 0 spiro atoms. The Hall–Kier alpha value is -1.36. The molecule has 0 saturated carbocycles. The molecule has 0 amide bonds. The molecule has 5 heteroatoms. The van der Waals surface area contributed by atoms with E-state index in [1.807, 2.05) is 6.92 Å². The lowest BCUT2D eigenvalue weighted by molar-refractivity contribution is 0.237. The summed E-state index contributed by atoms with van der Waals surface area (Å²) in [4.78, 5) is 11.6. The number of anilines is 2. The molecule has 5 nitrogen and oxygen atoms in total. The standard InChI is InChI=1S/C16H29N5/c1-4-8-17-15-13(2)16(20-14(3)19-15)18-9-12-21-10-6-5-7-11-21/h4-12H2,1-3H3,(H2,17,18,19,20).